The van der Waals surface area contributed by atoms with E-state index in [0.29, 0.717) is 25.9 Å². The van der Waals surface area contributed by atoms with Crippen molar-refractivity contribution >= 4 is 17.8 Å². The van der Waals surface area contributed by atoms with Crippen molar-refractivity contribution in [2.24, 2.45) is 11.8 Å². The normalized spacial score (nSPS) is 18.2. The zero-order valence-electron chi connectivity index (χ0n) is 11.7. The van der Waals surface area contributed by atoms with Crippen molar-refractivity contribution in [1.82, 2.24) is 10.2 Å². The number of carboxylic acids is 1. The largest absolute Gasteiger partial charge is 0.480 e. The maximum absolute atomic E-state index is 11.8. The van der Waals surface area contributed by atoms with Gasteiger partial charge in [-0.25, -0.2) is 0 Å². The van der Waals surface area contributed by atoms with Crippen molar-refractivity contribution in [2.45, 2.75) is 39.7 Å². The number of hydrogen-bond donors (Lipinski definition) is 2. The monoisotopic (exact) mass is 270 g/mol. The molecule has 1 aliphatic rings. The average Bonchev–Trinajstić information content (AvgIpc) is 2.37. The number of nitrogens with one attached hydrogen (secondary N) is 1. The highest BCUT2D eigenvalue weighted by Crippen LogP contribution is 2.19. The number of carbonyl (C=O) groups is 3. The molecule has 0 spiro atoms. The van der Waals surface area contributed by atoms with Crippen molar-refractivity contribution in [3.63, 3.8) is 0 Å². The van der Waals surface area contributed by atoms with E-state index in [1.165, 1.54) is 6.92 Å². The first-order chi connectivity index (χ1) is 8.82. The quantitative estimate of drug-likeness (QED) is 0.777. The van der Waals surface area contributed by atoms with Gasteiger partial charge in [0.1, 0.15) is 6.04 Å². The van der Waals surface area contributed by atoms with E-state index in [-0.39, 0.29) is 23.7 Å². The zero-order valence-corrected chi connectivity index (χ0v) is 11.7. The van der Waals surface area contributed by atoms with E-state index in [9.17, 15) is 14.4 Å². The fourth-order valence-electron chi connectivity index (χ4n) is 2.12. The second kappa shape index (κ2) is 6.54. The molecule has 108 valence electrons. The fraction of sp³-hybridized carbons (Fsp3) is 0.769. The Morgan fingerprint density at radius 3 is 2.11 bits per heavy atom. The van der Waals surface area contributed by atoms with Crippen LogP contribution in [0.1, 0.15) is 33.6 Å². The van der Waals surface area contributed by atoms with Gasteiger partial charge in [-0.3, -0.25) is 14.4 Å². The summed E-state index contributed by atoms with van der Waals surface area (Å²) >= 11 is 0. The summed E-state index contributed by atoms with van der Waals surface area (Å²) in [6, 6.07) is -0.872. The van der Waals surface area contributed by atoms with Crippen LogP contribution in [-0.4, -0.2) is 46.9 Å². The number of rotatable bonds is 4. The first-order valence-corrected chi connectivity index (χ1v) is 6.65. The van der Waals surface area contributed by atoms with Gasteiger partial charge in [0.25, 0.3) is 0 Å². The van der Waals surface area contributed by atoms with Crippen molar-refractivity contribution in [1.29, 1.82) is 0 Å². The Labute approximate surface area is 113 Å². The Bertz CT molecular complexity index is 360. The van der Waals surface area contributed by atoms with Crippen LogP contribution < -0.4 is 5.32 Å². The highest BCUT2D eigenvalue weighted by molar-refractivity contribution is 5.85. The second-order valence-electron chi connectivity index (χ2n) is 5.32. The minimum Gasteiger partial charge on any atom is -0.480 e. The molecule has 1 aliphatic heterocycles. The first-order valence-electron chi connectivity index (χ1n) is 6.65. The van der Waals surface area contributed by atoms with Crippen LogP contribution in [-0.2, 0) is 14.4 Å². The number of aliphatic carboxylic acids is 1. The molecule has 0 saturated carbocycles. The summed E-state index contributed by atoms with van der Waals surface area (Å²) in [7, 11) is 0. The predicted molar refractivity (Wildman–Crippen MR) is 69.4 cm³/mol. The molecule has 0 aliphatic carbocycles. The molecular weight excluding hydrogens is 248 g/mol. The summed E-state index contributed by atoms with van der Waals surface area (Å²) < 4.78 is 0. The van der Waals surface area contributed by atoms with Gasteiger partial charge in [-0.05, 0) is 19.8 Å². The van der Waals surface area contributed by atoms with E-state index in [0.717, 1.165) is 0 Å². The van der Waals surface area contributed by atoms with E-state index in [4.69, 9.17) is 5.11 Å². The molecule has 0 aromatic heterocycles. The molecule has 2 N–H and O–H groups in total. The van der Waals surface area contributed by atoms with E-state index >= 15 is 0 Å². The Balaban J connectivity index is 2.43. The summed E-state index contributed by atoms with van der Waals surface area (Å²) in [5.41, 5.74) is 0. The Hall–Kier alpha value is -1.59. The minimum absolute atomic E-state index is 0.0302. The number of piperidine rings is 1. The molecule has 0 radical (unpaired) electrons. The highest BCUT2D eigenvalue weighted by Gasteiger charge is 2.29. The minimum atomic E-state index is -1.04. The van der Waals surface area contributed by atoms with Crippen LogP contribution in [0.5, 0.6) is 0 Å². The summed E-state index contributed by atoms with van der Waals surface area (Å²) in [4.78, 5) is 36.1. The van der Waals surface area contributed by atoms with Crippen molar-refractivity contribution in [3.05, 3.63) is 0 Å². The Morgan fingerprint density at radius 2 is 1.68 bits per heavy atom. The topological polar surface area (TPSA) is 86.7 Å². The summed E-state index contributed by atoms with van der Waals surface area (Å²) in [6.45, 7) is 6.29. The molecule has 0 aromatic rings. The molecule has 1 fully saturated rings. The van der Waals surface area contributed by atoms with Gasteiger partial charge in [-0.1, -0.05) is 13.8 Å². The first kappa shape index (κ1) is 15.5. The van der Waals surface area contributed by atoms with Gasteiger partial charge in [0, 0.05) is 24.9 Å². The summed E-state index contributed by atoms with van der Waals surface area (Å²) in [6.07, 6.45) is 1.19. The third kappa shape index (κ3) is 4.22. The van der Waals surface area contributed by atoms with Crippen LogP contribution in [0.15, 0.2) is 0 Å². The van der Waals surface area contributed by atoms with Crippen LogP contribution in [0.2, 0.25) is 0 Å². The lowest BCUT2D eigenvalue weighted by Gasteiger charge is -2.32. The maximum atomic E-state index is 11.8. The second-order valence-corrected chi connectivity index (χ2v) is 5.32. The van der Waals surface area contributed by atoms with Gasteiger partial charge < -0.3 is 15.3 Å². The smallest absolute Gasteiger partial charge is 0.325 e. The summed E-state index contributed by atoms with van der Waals surface area (Å²) in [5, 5.41) is 11.2. The van der Waals surface area contributed by atoms with E-state index in [1.54, 1.807) is 4.90 Å². The fourth-order valence-corrected chi connectivity index (χ4v) is 2.12. The molecule has 6 heteroatoms. The van der Waals surface area contributed by atoms with Crippen molar-refractivity contribution < 1.29 is 19.5 Å². The lowest BCUT2D eigenvalue weighted by atomic mass is 9.95. The lowest BCUT2D eigenvalue weighted by molar-refractivity contribution is -0.142. The molecular formula is C13H22N2O4. The molecule has 1 rings (SSSR count). The Kier molecular flexibility index (Phi) is 5.32. The van der Waals surface area contributed by atoms with Crippen LogP contribution in [0, 0.1) is 11.8 Å². The predicted octanol–water partition coefficient (Wildman–Crippen LogP) is 0.470. The van der Waals surface area contributed by atoms with E-state index in [1.807, 2.05) is 13.8 Å². The number of amides is 2. The molecule has 0 aromatic carbocycles. The van der Waals surface area contributed by atoms with Gasteiger partial charge in [0.2, 0.25) is 11.8 Å². The number of carbonyl (C=O) groups excluding carboxylic acids is 2. The molecule has 0 bridgehead atoms. The van der Waals surface area contributed by atoms with Gasteiger partial charge in [-0.15, -0.1) is 0 Å². The molecule has 1 saturated heterocycles. The molecule has 1 atom stereocenters. The maximum Gasteiger partial charge on any atom is 0.325 e. The van der Waals surface area contributed by atoms with Crippen LogP contribution in [0.25, 0.3) is 0 Å². The number of nitrogens with zero attached hydrogens (tertiary/aromatic N) is 1. The van der Waals surface area contributed by atoms with Gasteiger partial charge in [0.05, 0.1) is 0 Å². The van der Waals surface area contributed by atoms with Crippen LogP contribution >= 0.6 is 0 Å². The third-order valence-electron chi connectivity index (χ3n) is 3.40. The van der Waals surface area contributed by atoms with Gasteiger partial charge in [0.15, 0.2) is 0 Å². The number of carboxylic acid groups (broad SMARTS) is 1. The SMILES string of the molecule is CC(C)C(=O)N1CCC(C(=O)N[C@H](C)C(=O)O)CC1. The van der Waals surface area contributed by atoms with Crippen LogP contribution in [0.3, 0.4) is 0 Å². The van der Waals surface area contributed by atoms with Crippen molar-refractivity contribution in [2.75, 3.05) is 13.1 Å². The van der Waals surface area contributed by atoms with Crippen LogP contribution in [0.4, 0.5) is 0 Å². The van der Waals surface area contributed by atoms with Gasteiger partial charge >= 0.3 is 5.97 Å². The highest BCUT2D eigenvalue weighted by atomic mass is 16.4. The molecule has 6 nitrogen and oxygen atoms in total. The van der Waals surface area contributed by atoms with Crippen molar-refractivity contribution in [3.8, 4) is 0 Å². The standard InChI is InChI=1S/C13H22N2O4/c1-8(2)12(17)15-6-4-10(5-7-15)11(16)14-9(3)13(18)19/h8-10H,4-7H2,1-3H3,(H,14,16)(H,18,19)/t9-/m1/s1. The van der Waals surface area contributed by atoms with Gasteiger partial charge in [-0.2, -0.15) is 0 Å². The van der Waals surface area contributed by atoms with E-state index < -0.39 is 12.0 Å². The van der Waals surface area contributed by atoms with E-state index in [2.05, 4.69) is 5.32 Å². The number of hydrogen-bond acceptors (Lipinski definition) is 3. The molecule has 0 unspecified atom stereocenters. The third-order valence-corrected chi connectivity index (χ3v) is 3.40. The molecule has 19 heavy (non-hydrogen) atoms. The molecule has 2 amide bonds. The number of likely N-dealkylation sites (tertiary alicyclic amines) is 1. The zero-order chi connectivity index (χ0) is 14.6. The lowest BCUT2D eigenvalue weighted by Crippen LogP contribution is -2.47. The average molecular weight is 270 g/mol. The summed E-state index contributed by atoms with van der Waals surface area (Å²) in [5.74, 6) is -1.39. The Morgan fingerprint density at radius 1 is 1.16 bits per heavy atom. The molecule has 1 heterocycles.